The first kappa shape index (κ1) is 11.2. The second-order valence-electron chi connectivity index (χ2n) is 3.16. The molecule has 4 heteroatoms. The van der Waals surface area contributed by atoms with Gasteiger partial charge in [-0.05, 0) is 25.5 Å². The largest absolute Gasteiger partial charge is 0.478 e. The van der Waals surface area contributed by atoms with Crippen molar-refractivity contribution >= 4 is 11.8 Å². The van der Waals surface area contributed by atoms with E-state index in [9.17, 15) is 4.79 Å². The predicted molar refractivity (Wildman–Crippen MR) is 59.2 cm³/mol. The number of carboxylic acid groups (broad SMARTS) is 1. The fourth-order valence-corrected chi connectivity index (χ4v) is 1.16. The molecule has 0 aromatic carbocycles. The minimum absolute atomic E-state index is 0.199. The Morgan fingerprint density at radius 1 is 1.67 bits per heavy atom. The van der Waals surface area contributed by atoms with Crippen molar-refractivity contribution in [3.63, 3.8) is 0 Å². The van der Waals surface area contributed by atoms with E-state index in [0.717, 1.165) is 12.1 Å². The van der Waals surface area contributed by atoms with Gasteiger partial charge in [-0.2, -0.15) is 0 Å². The number of anilines is 1. The van der Waals surface area contributed by atoms with E-state index >= 15 is 0 Å². The molecule has 0 saturated heterocycles. The lowest BCUT2D eigenvalue weighted by atomic mass is 10.2. The Hall–Kier alpha value is -1.84. The molecule has 0 fully saturated rings. The summed E-state index contributed by atoms with van der Waals surface area (Å²) >= 11 is 0. The van der Waals surface area contributed by atoms with Crippen molar-refractivity contribution in [1.29, 1.82) is 0 Å². The van der Waals surface area contributed by atoms with Crippen molar-refractivity contribution < 1.29 is 9.90 Å². The third-order valence-electron chi connectivity index (χ3n) is 1.91. The summed E-state index contributed by atoms with van der Waals surface area (Å²) < 4.78 is 0. The first-order valence-electron chi connectivity index (χ1n) is 4.71. The highest BCUT2D eigenvalue weighted by Gasteiger charge is 2.10. The number of nitrogens with one attached hydrogen (secondary N) is 1. The van der Waals surface area contributed by atoms with E-state index in [2.05, 4.69) is 16.9 Å². The van der Waals surface area contributed by atoms with E-state index in [-0.39, 0.29) is 5.56 Å². The van der Waals surface area contributed by atoms with Crippen LogP contribution in [0.2, 0.25) is 0 Å². The Balaban J connectivity index is 2.86. The highest BCUT2D eigenvalue weighted by atomic mass is 16.4. The van der Waals surface area contributed by atoms with Gasteiger partial charge in [0.2, 0.25) is 0 Å². The highest BCUT2D eigenvalue weighted by Crippen LogP contribution is 2.13. The zero-order valence-electron chi connectivity index (χ0n) is 8.66. The number of aryl methyl sites for hydroxylation is 1. The van der Waals surface area contributed by atoms with Crippen LogP contribution in [0.4, 0.5) is 5.82 Å². The molecule has 0 unspecified atom stereocenters. The van der Waals surface area contributed by atoms with E-state index in [1.807, 2.05) is 6.92 Å². The second kappa shape index (κ2) is 5.14. The number of rotatable bonds is 5. The van der Waals surface area contributed by atoms with Crippen LogP contribution < -0.4 is 5.32 Å². The molecule has 2 N–H and O–H groups in total. The average Bonchev–Trinajstić information content (AvgIpc) is 2.18. The Labute approximate surface area is 88.7 Å². The number of pyridine rings is 1. The van der Waals surface area contributed by atoms with E-state index in [1.165, 1.54) is 0 Å². The minimum atomic E-state index is -0.969. The van der Waals surface area contributed by atoms with Crippen molar-refractivity contribution in [1.82, 2.24) is 4.98 Å². The summed E-state index contributed by atoms with van der Waals surface area (Å²) in [7, 11) is 0. The molecule has 0 aliphatic heterocycles. The van der Waals surface area contributed by atoms with Crippen LogP contribution in [-0.4, -0.2) is 22.6 Å². The van der Waals surface area contributed by atoms with E-state index in [0.29, 0.717) is 12.4 Å². The lowest BCUT2D eigenvalue weighted by Crippen LogP contribution is -2.09. The van der Waals surface area contributed by atoms with Gasteiger partial charge in [0.25, 0.3) is 0 Å². The highest BCUT2D eigenvalue weighted by molar-refractivity contribution is 5.93. The number of carbonyl (C=O) groups is 1. The first-order chi connectivity index (χ1) is 7.15. The molecular weight excluding hydrogens is 192 g/mol. The number of aromatic carboxylic acids is 1. The Bertz CT molecular complexity index is 375. The molecule has 0 aliphatic rings. The molecule has 0 radical (unpaired) electrons. The van der Waals surface area contributed by atoms with Crippen LogP contribution in [0, 0.1) is 6.92 Å². The van der Waals surface area contributed by atoms with Crippen molar-refractivity contribution in [3.05, 3.63) is 36.0 Å². The maximum absolute atomic E-state index is 10.9. The van der Waals surface area contributed by atoms with Gasteiger partial charge < -0.3 is 10.4 Å². The van der Waals surface area contributed by atoms with Crippen LogP contribution in [0.5, 0.6) is 0 Å². The van der Waals surface area contributed by atoms with Crippen LogP contribution in [0.25, 0.3) is 0 Å². The predicted octanol–water partition coefficient (Wildman–Crippen LogP) is 2.08. The van der Waals surface area contributed by atoms with Crippen LogP contribution in [-0.2, 0) is 0 Å². The lowest BCUT2D eigenvalue weighted by Gasteiger charge is -2.07. The molecular formula is C11H14N2O2. The normalized spacial score (nSPS) is 9.67. The van der Waals surface area contributed by atoms with Crippen LogP contribution in [0.15, 0.2) is 24.8 Å². The summed E-state index contributed by atoms with van der Waals surface area (Å²) in [6, 6.07) is 3.24. The molecule has 80 valence electrons. The second-order valence-corrected chi connectivity index (χ2v) is 3.16. The zero-order valence-corrected chi connectivity index (χ0v) is 8.66. The van der Waals surface area contributed by atoms with Crippen molar-refractivity contribution in [2.24, 2.45) is 0 Å². The lowest BCUT2D eigenvalue weighted by molar-refractivity contribution is 0.0697. The van der Waals surface area contributed by atoms with Gasteiger partial charge in [0, 0.05) is 12.2 Å². The quantitative estimate of drug-likeness (QED) is 0.572. The van der Waals surface area contributed by atoms with Crippen molar-refractivity contribution in [3.8, 4) is 0 Å². The Morgan fingerprint density at radius 3 is 3.00 bits per heavy atom. The third kappa shape index (κ3) is 3.09. The molecule has 1 heterocycles. The maximum atomic E-state index is 10.9. The summed E-state index contributed by atoms with van der Waals surface area (Å²) in [6.07, 6.45) is 2.54. The summed E-state index contributed by atoms with van der Waals surface area (Å²) in [6.45, 7) is 6.05. The summed E-state index contributed by atoms with van der Waals surface area (Å²) in [5, 5.41) is 11.9. The monoisotopic (exact) mass is 206 g/mol. The molecule has 4 nitrogen and oxygen atoms in total. The fraction of sp³-hybridized carbons (Fsp3) is 0.273. The number of carboxylic acids is 1. The van der Waals surface area contributed by atoms with E-state index < -0.39 is 5.97 Å². The van der Waals surface area contributed by atoms with Gasteiger partial charge in [-0.1, -0.05) is 6.08 Å². The molecule has 1 rings (SSSR count). The molecule has 15 heavy (non-hydrogen) atoms. The summed E-state index contributed by atoms with van der Waals surface area (Å²) in [5.74, 6) is -0.548. The van der Waals surface area contributed by atoms with Crippen molar-refractivity contribution in [2.45, 2.75) is 13.3 Å². The third-order valence-corrected chi connectivity index (χ3v) is 1.91. The Kier molecular flexibility index (Phi) is 3.85. The molecule has 0 atom stereocenters. The molecule has 1 aromatic rings. The number of hydrogen-bond donors (Lipinski definition) is 2. The van der Waals surface area contributed by atoms with Crippen LogP contribution in [0.3, 0.4) is 0 Å². The number of nitrogens with zero attached hydrogens (tertiary/aromatic N) is 1. The molecule has 1 aromatic heterocycles. The van der Waals surface area contributed by atoms with Gasteiger partial charge in [-0.25, -0.2) is 9.78 Å². The zero-order chi connectivity index (χ0) is 11.3. The molecule has 0 bridgehead atoms. The summed E-state index contributed by atoms with van der Waals surface area (Å²) in [4.78, 5) is 15.0. The van der Waals surface area contributed by atoms with Gasteiger partial charge >= 0.3 is 5.97 Å². The smallest absolute Gasteiger partial charge is 0.339 e. The Morgan fingerprint density at radius 2 is 2.40 bits per heavy atom. The van der Waals surface area contributed by atoms with Gasteiger partial charge in [0.15, 0.2) is 0 Å². The molecule has 0 amide bonds. The minimum Gasteiger partial charge on any atom is -0.478 e. The number of hydrogen-bond acceptors (Lipinski definition) is 3. The molecule has 0 aliphatic carbocycles. The topological polar surface area (TPSA) is 62.2 Å². The number of aromatic nitrogens is 1. The first-order valence-corrected chi connectivity index (χ1v) is 4.71. The molecule has 0 spiro atoms. The van der Waals surface area contributed by atoms with Crippen molar-refractivity contribution in [2.75, 3.05) is 11.9 Å². The van der Waals surface area contributed by atoms with Crippen LogP contribution in [0.1, 0.15) is 22.5 Å². The van der Waals surface area contributed by atoms with Crippen LogP contribution >= 0.6 is 0 Å². The van der Waals surface area contributed by atoms with Gasteiger partial charge in [0.1, 0.15) is 11.4 Å². The maximum Gasteiger partial charge on any atom is 0.339 e. The van der Waals surface area contributed by atoms with E-state index in [1.54, 1.807) is 18.2 Å². The van der Waals surface area contributed by atoms with Gasteiger partial charge in [0.05, 0.1) is 0 Å². The fourth-order valence-electron chi connectivity index (χ4n) is 1.16. The van der Waals surface area contributed by atoms with Gasteiger partial charge in [-0.15, -0.1) is 6.58 Å². The SMILES string of the molecule is C=CCCNc1nc(C)ccc1C(=O)O. The van der Waals surface area contributed by atoms with Gasteiger partial charge in [-0.3, -0.25) is 0 Å². The molecule has 0 saturated carbocycles. The van der Waals surface area contributed by atoms with E-state index in [4.69, 9.17) is 5.11 Å². The standard InChI is InChI=1S/C11H14N2O2/c1-3-4-7-12-10-9(11(14)15)6-5-8(2)13-10/h3,5-6H,1,4,7H2,2H3,(H,12,13)(H,14,15). The summed E-state index contributed by atoms with van der Waals surface area (Å²) in [5.41, 5.74) is 0.991. The average molecular weight is 206 g/mol.